The van der Waals surface area contributed by atoms with Crippen LogP contribution in [0.25, 0.3) is 16.9 Å². The van der Waals surface area contributed by atoms with Crippen molar-refractivity contribution in [2.75, 3.05) is 14.2 Å². The predicted molar refractivity (Wildman–Crippen MR) is 126 cm³/mol. The van der Waals surface area contributed by atoms with Gasteiger partial charge in [0.25, 0.3) is 0 Å². The van der Waals surface area contributed by atoms with Crippen molar-refractivity contribution in [1.82, 2.24) is 0 Å². The van der Waals surface area contributed by atoms with Gasteiger partial charge in [0.05, 0.1) is 30.9 Å². The molecule has 0 radical (unpaired) electrons. The van der Waals surface area contributed by atoms with Crippen LogP contribution in [-0.2, 0) is 9.47 Å². The molecule has 0 atom stereocenters. The number of ether oxygens (including phenoxy) is 2. The fourth-order valence-corrected chi connectivity index (χ4v) is 3.61. The first-order valence-electron chi connectivity index (χ1n) is 10.5. The third-order valence-corrected chi connectivity index (χ3v) is 5.41. The summed E-state index contributed by atoms with van der Waals surface area (Å²) in [6.45, 7) is 0. The second-order valence-corrected chi connectivity index (χ2v) is 7.48. The Balaban J connectivity index is 1.75. The molecule has 34 heavy (non-hydrogen) atoms. The van der Waals surface area contributed by atoms with Crippen molar-refractivity contribution in [3.8, 4) is 16.9 Å². The number of nitrogens with zero attached hydrogens (tertiary/aromatic N) is 1. The van der Waals surface area contributed by atoms with Crippen molar-refractivity contribution < 1.29 is 28.4 Å². The first-order chi connectivity index (χ1) is 16.5. The summed E-state index contributed by atoms with van der Waals surface area (Å²) >= 11 is 0. The second kappa shape index (κ2) is 9.92. The summed E-state index contributed by atoms with van der Waals surface area (Å²) < 4.78 is 11.4. The maximum atomic E-state index is 13.2. The second-order valence-electron chi connectivity index (χ2n) is 7.48. The van der Waals surface area contributed by atoms with Crippen LogP contribution in [0.1, 0.15) is 36.6 Å². The fraction of sp³-hybridized carbons (Fsp3) is 0.0714. The Morgan fingerprint density at radius 1 is 0.588 bits per heavy atom. The largest absolute Gasteiger partial charge is 0.465 e. The van der Waals surface area contributed by atoms with Crippen LogP contribution in [0.3, 0.4) is 0 Å². The molecule has 0 N–H and O–H groups in total. The number of rotatable bonds is 6. The molecule has 6 heteroatoms. The van der Waals surface area contributed by atoms with E-state index in [0.29, 0.717) is 22.3 Å². The van der Waals surface area contributed by atoms with E-state index in [-0.39, 0.29) is 5.78 Å². The molecule has 1 aromatic heterocycles. The summed E-state index contributed by atoms with van der Waals surface area (Å²) in [7, 11) is 2.66. The molecule has 0 aliphatic carbocycles. The van der Waals surface area contributed by atoms with Gasteiger partial charge in [-0.15, -0.1) is 0 Å². The maximum absolute atomic E-state index is 13.2. The van der Waals surface area contributed by atoms with E-state index in [1.165, 1.54) is 14.2 Å². The lowest BCUT2D eigenvalue weighted by molar-refractivity contribution is -0.584. The van der Waals surface area contributed by atoms with Crippen molar-refractivity contribution in [3.05, 3.63) is 119 Å². The number of pyridine rings is 1. The number of hydrogen-bond acceptors (Lipinski definition) is 5. The molecule has 0 saturated heterocycles. The monoisotopic (exact) mass is 452 g/mol. The summed E-state index contributed by atoms with van der Waals surface area (Å²) in [6.07, 6.45) is 1.79. The third kappa shape index (κ3) is 4.61. The van der Waals surface area contributed by atoms with Gasteiger partial charge in [0, 0.05) is 29.3 Å². The van der Waals surface area contributed by atoms with Gasteiger partial charge in [-0.2, -0.15) is 4.57 Å². The van der Waals surface area contributed by atoms with Crippen LogP contribution in [0.2, 0.25) is 0 Å². The number of aromatic nitrogens is 1. The van der Waals surface area contributed by atoms with Crippen LogP contribution in [0.4, 0.5) is 0 Å². The average Bonchev–Trinajstić information content (AvgIpc) is 2.92. The van der Waals surface area contributed by atoms with Gasteiger partial charge in [-0.05, 0) is 42.5 Å². The lowest BCUT2D eigenvalue weighted by atomic mass is 10.0. The Hall–Kier alpha value is -4.58. The molecule has 4 aromatic rings. The van der Waals surface area contributed by atoms with Crippen molar-refractivity contribution >= 4 is 17.7 Å². The Labute approximate surface area is 197 Å². The lowest BCUT2D eigenvalue weighted by Crippen LogP contribution is -2.34. The van der Waals surface area contributed by atoms with E-state index in [4.69, 9.17) is 9.47 Å². The SMILES string of the molecule is COC(=O)c1ccc(C(=O)c2ccc(-c3ccc(C(=O)OC)cc3)[n+](-c3ccccc3)c2)cc1. The molecule has 1 heterocycles. The van der Waals surface area contributed by atoms with Crippen LogP contribution in [-0.4, -0.2) is 31.9 Å². The standard InChI is InChI=1S/C28H22NO5/c1-33-27(31)21-12-8-19(9-13-21)25-17-16-23(18-29(25)24-6-4-3-5-7-24)26(30)20-10-14-22(15-11-20)28(32)34-2/h3-18H,1-2H3/q+1. The topological polar surface area (TPSA) is 73.5 Å². The first kappa shape index (κ1) is 22.6. The molecule has 0 saturated carbocycles. The van der Waals surface area contributed by atoms with Crippen molar-refractivity contribution in [3.63, 3.8) is 0 Å². The molecule has 4 rings (SSSR count). The fourth-order valence-electron chi connectivity index (χ4n) is 3.61. The number of esters is 2. The van der Waals surface area contributed by atoms with Crippen molar-refractivity contribution in [1.29, 1.82) is 0 Å². The molecular formula is C28H22NO5+. The Morgan fingerprint density at radius 2 is 1.09 bits per heavy atom. The number of benzene rings is 3. The van der Waals surface area contributed by atoms with Crippen molar-refractivity contribution in [2.24, 2.45) is 0 Å². The zero-order valence-corrected chi connectivity index (χ0v) is 18.7. The molecule has 0 bridgehead atoms. The van der Waals surface area contributed by atoms with Gasteiger partial charge >= 0.3 is 11.9 Å². The molecule has 3 aromatic carbocycles. The molecule has 6 nitrogen and oxygen atoms in total. The average molecular weight is 452 g/mol. The van der Waals surface area contributed by atoms with Crippen LogP contribution < -0.4 is 4.57 Å². The van der Waals surface area contributed by atoms with Gasteiger partial charge in [-0.3, -0.25) is 4.79 Å². The van der Waals surface area contributed by atoms with Crippen LogP contribution in [0.15, 0.2) is 97.2 Å². The molecule has 0 spiro atoms. The highest BCUT2D eigenvalue weighted by Gasteiger charge is 2.21. The normalized spacial score (nSPS) is 10.4. The minimum atomic E-state index is -0.455. The predicted octanol–water partition coefficient (Wildman–Crippen LogP) is 4.43. The number of carbonyl (C=O) groups excluding carboxylic acids is 3. The Morgan fingerprint density at radius 3 is 1.65 bits per heavy atom. The number of hydrogen-bond donors (Lipinski definition) is 0. The van der Waals surface area contributed by atoms with Gasteiger partial charge in [0.2, 0.25) is 11.4 Å². The first-order valence-corrected chi connectivity index (χ1v) is 10.5. The molecule has 168 valence electrons. The number of ketones is 1. The summed E-state index contributed by atoms with van der Waals surface area (Å²) in [5.41, 5.74) is 4.39. The quantitative estimate of drug-likeness (QED) is 0.246. The minimum Gasteiger partial charge on any atom is -0.465 e. The van der Waals surface area contributed by atoms with E-state index in [1.807, 2.05) is 53.1 Å². The molecule has 0 amide bonds. The maximum Gasteiger partial charge on any atom is 0.337 e. The van der Waals surface area contributed by atoms with E-state index < -0.39 is 11.9 Å². The number of carbonyl (C=O) groups is 3. The summed E-state index contributed by atoms with van der Waals surface area (Å²) in [5, 5.41) is 0. The lowest BCUT2D eigenvalue weighted by Gasteiger charge is -2.07. The van der Waals surface area contributed by atoms with Gasteiger partial charge in [0.15, 0.2) is 12.0 Å². The van der Waals surface area contributed by atoms with Gasteiger partial charge < -0.3 is 9.47 Å². The highest BCUT2D eigenvalue weighted by Crippen LogP contribution is 2.20. The van der Waals surface area contributed by atoms with Crippen molar-refractivity contribution in [2.45, 2.75) is 0 Å². The van der Waals surface area contributed by atoms with E-state index in [1.54, 1.807) is 48.7 Å². The number of methoxy groups -OCH3 is 2. The highest BCUT2D eigenvalue weighted by atomic mass is 16.5. The summed E-state index contributed by atoms with van der Waals surface area (Å²) in [5.74, 6) is -1.03. The van der Waals surface area contributed by atoms with E-state index in [9.17, 15) is 14.4 Å². The zero-order valence-electron chi connectivity index (χ0n) is 18.7. The zero-order chi connectivity index (χ0) is 24.1. The summed E-state index contributed by atoms with van der Waals surface area (Å²) in [4.78, 5) is 36.7. The number of para-hydroxylation sites is 1. The van der Waals surface area contributed by atoms with Crippen LogP contribution in [0, 0.1) is 0 Å². The molecule has 0 aliphatic heterocycles. The van der Waals surface area contributed by atoms with E-state index >= 15 is 0 Å². The highest BCUT2D eigenvalue weighted by molar-refractivity contribution is 6.09. The van der Waals surface area contributed by atoms with E-state index in [2.05, 4.69) is 0 Å². The van der Waals surface area contributed by atoms with E-state index in [0.717, 1.165) is 16.9 Å². The Bertz CT molecular complexity index is 1340. The third-order valence-electron chi connectivity index (χ3n) is 5.41. The Kier molecular flexibility index (Phi) is 6.59. The van der Waals surface area contributed by atoms with Crippen LogP contribution >= 0.6 is 0 Å². The molecular weight excluding hydrogens is 430 g/mol. The van der Waals surface area contributed by atoms with Gasteiger partial charge in [-0.25, -0.2) is 9.59 Å². The molecule has 0 unspecified atom stereocenters. The minimum absolute atomic E-state index is 0.173. The van der Waals surface area contributed by atoms with Crippen LogP contribution in [0.5, 0.6) is 0 Å². The molecule has 0 fully saturated rings. The van der Waals surface area contributed by atoms with Gasteiger partial charge in [-0.1, -0.05) is 30.3 Å². The smallest absolute Gasteiger partial charge is 0.337 e. The molecule has 0 aliphatic rings. The van der Waals surface area contributed by atoms with Gasteiger partial charge in [0.1, 0.15) is 0 Å². The summed E-state index contributed by atoms with van der Waals surface area (Å²) in [6, 6.07) is 26.8.